The van der Waals surface area contributed by atoms with Crippen LogP contribution in [0.1, 0.15) is 28.7 Å². The first-order valence-corrected chi connectivity index (χ1v) is 5.28. The van der Waals surface area contributed by atoms with Gasteiger partial charge in [-0.15, -0.1) is 0 Å². The fraction of sp³-hybridized carbons (Fsp3) is 0.333. The van der Waals surface area contributed by atoms with Gasteiger partial charge in [0.2, 0.25) is 0 Å². The Kier molecular flexibility index (Phi) is 2.90. The van der Waals surface area contributed by atoms with E-state index in [1.54, 1.807) is 10.7 Å². The number of aryl methyl sites for hydroxylation is 2. The number of aromatic nitrogens is 2. The maximum Gasteiger partial charge on any atom is 0.172 e. The van der Waals surface area contributed by atoms with Crippen LogP contribution in [0.4, 0.5) is 0 Å². The minimum absolute atomic E-state index is 0.0550. The molecule has 0 aliphatic carbocycles. The Labute approximate surface area is 93.9 Å². The van der Waals surface area contributed by atoms with E-state index in [2.05, 4.69) is 5.10 Å². The molecular formula is C12H14N2O2. The molecule has 4 heteroatoms. The number of ketones is 1. The Hall–Kier alpha value is -1.84. The predicted octanol–water partition coefficient (Wildman–Crippen LogP) is 2.00. The number of carbonyl (C=O) groups is 1. The van der Waals surface area contributed by atoms with Crippen molar-refractivity contribution in [3.63, 3.8) is 0 Å². The van der Waals surface area contributed by atoms with Crippen molar-refractivity contribution < 1.29 is 9.21 Å². The van der Waals surface area contributed by atoms with Crippen LogP contribution >= 0.6 is 0 Å². The van der Waals surface area contributed by atoms with E-state index >= 15 is 0 Å². The van der Waals surface area contributed by atoms with Gasteiger partial charge in [0.15, 0.2) is 5.78 Å². The molecule has 0 atom stereocenters. The monoisotopic (exact) mass is 218 g/mol. The second-order valence-electron chi connectivity index (χ2n) is 3.72. The number of hydrogen-bond acceptors (Lipinski definition) is 3. The summed E-state index contributed by atoms with van der Waals surface area (Å²) in [5.41, 5.74) is 2.56. The average Bonchev–Trinajstić information content (AvgIpc) is 2.88. The van der Waals surface area contributed by atoms with Gasteiger partial charge in [-0.2, -0.15) is 5.10 Å². The molecule has 0 saturated heterocycles. The van der Waals surface area contributed by atoms with Gasteiger partial charge < -0.3 is 4.42 Å². The summed E-state index contributed by atoms with van der Waals surface area (Å²) < 4.78 is 6.65. The van der Waals surface area contributed by atoms with Gasteiger partial charge >= 0.3 is 0 Å². The fourth-order valence-corrected chi connectivity index (χ4v) is 1.60. The molecule has 2 heterocycles. The number of nitrogens with zero attached hydrogens (tertiary/aromatic N) is 2. The van der Waals surface area contributed by atoms with Gasteiger partial charge in [-0.1, -0.05) is 6.92 Å². The minimum atomic E-state index is 0.0550. The van der Waals surface area contributed by atoms with Crippen molar-refractivity contribution in [2.75, 3.05) is 0 Å². The Morgan fingerprint density at radius 1 is 1.56 bits per heavy atom. The Bertz CT molecular complexity index is 483. The van der Waals surface area contributed by atoms with Crippen molar-refractivity contribution in [2.24, 2.45) is 7.05 Å². The van der Waals surface area contributed by atoms with E-state index in [0.29, 0.717) is 12.0 Å². The second-order valence-corrected chi connectivity index (χ2v) is 3.72. The first-order chi connectivity index (χ1) is 7.70. The third-order valence-corrected chi connectivity index (χ3v) is 2.57. The van der Waals surface area contributed by atoms with Crippen LogP contribution in [0.3, 0.4) is 0 Å². The molecule has 0 spiro atoms. The summed E-state index contributed by atoms with van der Waals surface area (Å²) in [6.07, 6.45) is 4.23. The summed E-state index contributed by atoms with van der Waals surface area (Å²) in [7, 11) is 1.86. The normalized spacial score (nSPS) is 10.6. The molecule has 0 saturated carbocycles. The molecule has 2 aromatic rings. The first-order valence-electron chi connectivity index (χ1n) is 5.28. The lowest BCUT2D eigenvalue weighted by molar-refractivity contribution is 0.0990. The average molecular weight is 218 g/mol. The summed E-state index contributed by atoms with van der Waals surface area (Å²) in [5, 5.41) is 4.30. The molecule has 16 heavy (non-hydrogen) atoms. The SMILES string of the molecule is CCc1cc(CC(=O)c2ccoc2)n(C)n1. The van der Waals surface area contributed by atoms with Gasteiger partial charge in [0.1, 0.15) is 6.26 Å². The minimum Gasteiger partial charge on any atom is -0.472 e. The van der Waals surface area contributed by atoms with Crippen LogP contribution in [-0.4, -0.2) is 15.6 Å². The van der Waals surface area contributed by atoms with Crippen LogP contribution < -0.4 is 0 Å². The number of Topliss-reactive ketones (excluding diaryl/α,β-unsaturated/α-hetero) is 1. The van der Waals surface area contributed by atoms with E-state index in [1.807, 2.05) is 20.0 Å². The van der Waals surface area contributed by atoms with E-state index in [1.165, 1.54) is 12.5 Å². The zero-order valence-electron chi connectivity index (χ0n) is 9.43. The number of hydrogen-bond donors (Lipinski definition) is 0. The van der Waals surface area contributed by atoms with Crippen LogP contribution in [0.15, 0.2) is 29.1 Å². The maximum atomic E-state index is 11.8. The highest BCUT2D eigenvalue weighted by molar-refractivity contribution is 5.96. The van der Waals surface area contributed by atoms with Crippen molar-refractivity contribution in [1.29, 1.82) is 0 Å². The third kappa shape index (κ3) is 2.05. The van der Waals surface area contributed by atoms with Gasteiger partial charge in [0, 0.05) is 12.7 Å². The van der Waals surface area contributed by atoms with E-state index < -0.39 is 0 Å². The molecular weight excluding hydrogens is 204 g/mol. The fourth-order valence-electron chi connectivity index (χ4n) is 1.60. The van der Waals surface area contributed by atoms with Crippen molar-refractivity contribution in [1.82, 2.24) is 9.78 Å². The highest BCUT2D eigenvalue weighted by Crippen LogP contribution is 2.09. The van der Waals surface area contributed by atoms with Gasteiger partial charge in [-0.05, 0) is 18.6 Å². The quantitative estimate of drug-likeness (QED) is 0.737. The summed E-state index contributed by atoms with van der Waals surface area (Å²) in [4.78, 5) is 11.8. The Morgan fingerprint density at radius 2 is 2.38 bits per heavy atom. The standard InChI is InChI=1S/C12H14N2O2/c1-3-10-6-11(14(2)13-10)7-12(15)9-4-5-16-8-9/h4-6,8H,3,7H2,1-2H3. The lowest BCUT2D eigenvalue weighted by atomic mass is 10.1. The molecule has 0 aliphatic rings. The topological polar surface area (TPSA) is 48.0 Å². The zero-order valence-corrected chi connectivity index (χ0v) is 9.43. The Balaban J connectivity index is 2.15. The van der Waals surface area contributed by atoms with Crippen LogP contribution in [0.5, 0.6) is 0 Å². The van der Waals surface area contributed by atoms with E-state index in [-0.39, 0.29) is 5.78 Å². The number of carbonyl (C=O) groups excluding carboxylic acids is 1. The molecule has 2 rings (SSSR count). The molecule has 0 radical (unpaired) electrons. The highest BCUT2D eigenvalue weighted by atomic mass is 16.3. The predicted molar refractivity (Wildman–Crippen MR) is 59.3 cm³/mol. The molecule has 0 unspecified atom stereocenters. The van der Waals surface area contributed by atoms with Gasteiger partial charge in [-0.25, -0.2) is 0 Å². The lowest BCUT2D eigenvalue weighted by Crippen LogP contribution is -2.06. The smallest absolute Gasteiger partial charge is 0.172 e. The summed E-state index contributed by atoms with van der Waals surface area (Å²) >= 11 is 0. The molecule has 0 bridgehead atoms. The van der Waals surface area contributed by atoms with Gasteiger partial charge in [0.05, 0.1) is 23.9 Å². The van der Waals surface area contributed by atoms with E-state index in [9.17, 15) is 4.79 Å². The third-order valence-electron chi connectivity index (χ3n) is 2.57. The molecule has 0 aliphatic heterocycles. The summed E-state index contributed by atoms with van der Waals surface area (Å²) in [6, 6.07) is 3.65. The maximum absolute atomic E-state index is 11.8. The van der Waals surface area contributed by atoms with Crippen molar-refractivity contribution in [3.8, 4) is 0 Å². The molecule has 2 aromatic heterocycles. The van der Waals surface area contributed by atoms with Crippen molar-refractivity contribution in [2.45, 2.75) is 19.8 Å². The van der Waals surface area contributed by atoms with E-state index in [0.717, 1.165) is 17.8 Å². The molecule has 84 valence electrons. The molecule has 4 nitrogen and oxygen atoms in total. The molecule has 0 aromatic carbocycles. The largest absolute Gasteiger partial charge is 0.472 e. The molecule has 0 amide bonds. The van der Waals surface area contributed by atoms with Crippen molar-refractivity contribution in [3.05, 3.63) is 41.6 Å². The van der Waals surface area contributed by atoms with Crippen LogP contribution in [0.25, 0.3) is 0 Å². The van der Waals surface area contributed by atoms with Gasteiger partial charge in [0.25, 0.3) is 0 Å². The van der Waals surface area contributed by atoms with Crippen LogP contribution in [0, 0.1) is 0 Å². The van der Waals surface area contributed by atoms with Crippen molar-refractivity contribution >= 4 is 5.78 Å². The van der Waals surface area contributed by atoms with Crippen LogP contribution in [-0.2, 0) is 19.9 Å². The van der Waals surface area contributed by atoms with E-state index in [4.69, 9.17) is 4.42 Å². The number of furan rings is 1. The van der Waals surface area contributed by atoms with Gasteiger partial charge in [-0.3, -0.25) is 9.48 Å². The van der Waals surface area contributed by atoms with Crippen LogP contribution in [0.2, 0.25) is 0 Å². The molecule has 0 fully saturated rings. The second kappa shape index (κ2) is 4.35. The number of rotatable bonds is 4. The summed E-state index contributed by atoms with van der Waals surface area (Å²) in [5.74, 6) is 0.0550. The zero-order chi connectivity index (χ0) is 11.5. The summed E-state index contributed by atoms with van der Waals surface area (Å²) in [6.45, 7) is 2.05. The highest BCUT2D eigenvalue weighted by Gasteiger charge is 2.11. The molecule has 0 N–H and O–H groups in total. The first kappa shape index (κ1) is 10.7. The Morgan fingerprint density at radius 3 is 2.94 bits per heavy atom. The lowest BCUT2D eigenvalue weighted by Gasteiger charge is -1.98.